The lowest BCUT2D eigenvalue weighted by Crippen LogP contribution is -2.57. The van der Waals surface area contributed by atoms with E-state index in [1.54, 1.807) is 26.0 Å². The average molecular weight is 507 g/mol. The van der Waals surface area contributed by atoms with Crippen LogP contribution in [0.15, 0.2) is 24.3 Å². The van der Waals surface area contributed by atoms with Gasteiger partial charge in [0, 0.05) is 19.4 Å². The number of carbonyl (C=O) groups is 5. The van der Waals surface area contributed by atoms with Gasteiger partial charge in [-0.2, -0.15) is 0 Å². The molecule has 7 N–H and O–H groups in total. The SMILES string of the molecule is CC(C)C(NC(=O)C1CCCN1C(=O)C(Cc1ccc(O)cc1)NC(=O)C(N)CCC(=O)O)C(=O)O. The van der Waals surface area contributed by atoms with Gasteiger partial charge in [-0.3, -0.25) is 19.2 Å². The third-order valence-electron chi connectivity index (χ3n) is 6.07. The highest BCUT2D eigenvalue weighted by atomic mass is 16.4. The minimum absolute atomic E-state index is 0.0239. The Morgan fingerprint density at radius 1 is 1.08 bits per heavy atom. The largest absolute Gasteiger partial charge is 0.508 e. The molecule has 1 aromatic carbocycles. The Hall–Kier alpha value is -3.67. The van der Waals surface area contributed by atoms with E-state index in [2.05, 4.69) is 10.6 Å². The number of amides is 3. The van der Waals surface area contributed by atoms with Gasteiger partial charge in [-0.15, -0.1) is 0 Å². The fraction of sp³-hybridized carbons (Fsp3) is 0.542. The number of nitrogens with one attached hydrogen (secondary N) is 2. The van der Waals surface area contributed by atoms with Gasteiger partial charge in [-0.25, -0.2) is 4.79 Å². The number of aromatic hydroxyl groups is 1. The highest BCUT2D eigenvalue weighted by molar-refractivity contribution is 5.94. The van der Waals surface area contributed by atoms with Crippen LogP contribution in [0.3, 0.4) is 0 Å². The molecule has 4 unspecified atom stereocenters. The van der Waals surface area contributed by atoms with E-state index >= 15 is 0 Å². The van der Waals surface area contributed by atoms with Crippen LogP contribution in [0, 0.1) is 5.92 Å². The van der Waals surface area contributed by atoms with Crippen molar-refractivity contribution in [3.63, 3.8) is 0 Å². The fourth-order valence-electron chi connectivity index (χ4n) is 4.02. The van der Waals surface area contributed by atoms with Gasteiger partial charge in [0.05, 0.1) is 6.04 Å². The molecule has 1 heterocycles. The number of phenolic OH excluding ortho intramolecular Hbond substituents is 1. The van der Waals surface area contributed by atoms with Gasteiger partial charge in [0.1, 0.15) is 23.9 Å². The third kappa shape index (κ3) is 7.94. The molecule has 0 spiro atoms. The lowest BCUT2D eigenvalue weighted by atomic mass is 10.0. The second kappa shape index (κ2) is 12.9. The second-order valence-corrected chi connectivity index (χ2v) is 9.23. The normalized spacial score (nSPS) is 17.8. The van der Waals surface area contributed by atoms with E-state index in [4.69, 9.17) is 10.8 Å². The predicted molar refractivity (Wildman–Crippen MR) is 128 cm³/mol. The van der Waals surface area contributed by atoms with E-state index in [1.807, 2.05) is 0 Å². The van der Waals surface area contributed by atoms with Gasteiger partial charge >= 0.3 is 11.9 Å². The number of carboxylic acids is 2. The molecule has 36 heavy (non-hydrogen) atoms. The third-order valence-corrected chi connectivity index (χ3v) is 6.07. The van der Waals surface area contributed by atoms with Gasteiger partial charge in [-0.1, -0.05) is 26.0 Å². The molecule has 1 aliphatic heterocycles. The Morgan fingerprint density at radius 3 is 2.28 bits per heavy atom. The van der Waals surface area contributed by atoms with Crippen molar-refractivity contribution >= 4 is 29.7 Å². The first-order valence-electron chi connectivity index (χ1n) is 11.8. The molecule has 0 bridgehead atoms. The van der Waals surface area contributed by atoms with E-state index in [0.29, 0.717) is 18.4 Å². The predicted octanol–water partition coefficient (Wildman–Crippen LogP) is -0.172. The summed E-state index contributed by atoms with van der Waals surface area (Å²) in [4.78, 5) is 62.8. The van der Waals surface area contributed by atoms with Crippen LogP contribution < -0.4 is 16.4 Å². The van der Waals surface area contributed by atoms with E-state index in [1.165, 1.54) is 17.0 Å². The van der Waals surface area contributed by atoms with E-state index in [0.717, 1.165) is 0 Å². The quantitative estimate of drug-likeness (QED) is 0.223. The number of carbonyl (C=O) groups excluding carboxylic acids is 3. The maximum atomic E-state index is 13.5. The summed E-state index contributed by atoms with van der Waals surface area (Å²) in [5.41, 5.74) is 6.44. The number of carboxylic acid groups (broad SMARTS) is 2. The number of hydrogen-bond donors (Lipinski definition) is 6. The molecule has 3 amide bonds. The van der Waals surface area contributed by atoms with Crippen LogP contribution in [0.2, 0.25) is 0 Å². The molecule has 12 nitrogen and oxygen atoms in total. The number of phenols is 1. The van der Waals surface area contributed by atoms with E-state index in [9.17, 15) is 34.2 Å². The number of hydrogen-bond acceptors (Lipinski definition) is 7. The minimum Gasteiger partial charge on any atom is -0.508 e. The molecule has 198 valence electrons. The number of likely N-dealkylation sites (tertiary alicyclic amines) is 1. The Kier molecular flexibility index (Phi) is 10.2. The van der Waals surface area contributed by atoms with Gasteiger partial charge in [0.2, 0.25) is 17.7 Å². The number of nitrogens with two attached hydrogens (primary N) is 1. The van der Waals surface area contributed by atoms with Crippen LogP contribution in [-0.4, -0.2) is 80.6 Å². The molecule has 1 aliphatic rings. The fourth-order valence-corrected chi connectivity index (χ4v) is 4.02. The smallest absolute Gasteiger partial charge is 0.326 e. The molecule has 4 atom stereocenters. The summed E-state index contributed by atoms with van der Waals surface area (Å²) in [6.45, 7) is 3.56. The zero-order chi connectivity index (χ0) is 27.0. The maximum absolute atomic E-state index is 13.5. The maximum Gasteiger partial charge on any atom is 0.326 e. The van der Waals surface area contributed by atoms with Crippen LogP contribution >= 0.6 is 0 Å². The number of nitrogens with zero attached hydrogens (tertiary/aromatic N) is 1. The number of aliphatic carboxylic acids is 2. The molecule has 1 saturated heterocycles. The summed E-state index contributed by atoms with van der Waals surface area (Å²) in [7, 11) is 0. The Balaban J connectivity index is 2.22. The van der Waals surface area contributed by atoms with Crippen molar-refractivity contribution in [2.75, 3.05) is 6.54 Å². The second-order valence-electron chi connectivity index (χ2n) is 9.23. The van der Waals surface area contributed by atoms with Crippen molar-refractivity contribution in [2.24, 2.45) is 11.7 Å². The average Bonchev–Trinajstić information content (AvgIpc) is 3.30. The summed E-state index contributed by atoms with van der Waals surface area (Å²) in [5, 5.41) is 32.9. The van der Waals surface area contributed by atoms with Gasteiger partial charge < -0.3 is 36.6 Å². The van der Waals surface area contributed by atoms with Gasteiger partial charge in [0.15, 0.2) is 0 Å². The molecule has 1 fully saturated rings. The topological polar surface area (TPSA) is 199 Å². The molecule has 2 rings (SSSR count). The summed E-state index contributed by atoms with van der Waals surface area (Å²) in [6.07, 6.45) is 0.439. The molecule has 0 saturated carbocycles. The van der Waals surface area contributed by atoms with Gasteiger partial charge in [-0.05, 0) is 42.9 Å². The molecular weight excluding hydrogens is 472 g/mol. The number of benzene rings is 1. The standard InChI is InChI=1S/C24H34N4O8/c1-13(2)20(24(35)36)27-22(33)18-4-3-11-28(18)23(34)17(12-14-5-7-15(29)8-6-14)26-21(32)16(25)9-10-19(30)31/h5-8,13,16-18,20,29H,3-4,9-12,25H2,1-2H3,(H,26,32)(H,27,33)(H,30,31)(H,35,36). The van der Waals surface area contributed by atoms with E-state index < -0.39 is 53.8 Å². The molecule has 0 radical (unpaired) electrons. The summed E-state index contributed by atoms with van der Waals surface area (Å²) in [5.74, 6) is -4.48. The zero-order valence-electron chi connectivity index (χ0n) is 20.3. The van der Waals surface area contributed by atoms with Crippen molar-refractivity contribution in [1.82, 2.24) is 15.5 Å². The lowest BCUT2D eigenvalue weighted by Gasteiger charge is -2.30. The minimum atomic E-state index is -1.18. The highest BCUT2D eigenvalue weighted by Gasteiger charge is 2.39. The first-order valence-corrected chi connectivity index (χ1v) is 11.8. The summed E-state index contributed by atoms with van der Waals surface area (Å²) >= 11 is 0. The zero-order valence-corrected chi connectivity index (χ0v) is 20.3. The first kappa shape index (κ1) is 28.6. The van der Waals surface area contributed by atoms with Crippen molar-refractivity contribution in [3.8, 4) is 5.75 Å². The van der Waals surface area contributed by atoms with Gasteiger partial charge in [0.25, 0.3) is 0 Å². The van der Waals surface area contributed by atoms with Crippen molar-refractivity contribution < 1.29 is 39.3 Å². The van der Waals surface area contributed by atoms with Crippen LogP contribution in [0.1, 0.15) is 45.1 Å². The van der Waals surface area contributed by atoms with Crippen LogP contribution in [0.25, 0.3) is 0 Å². The highest BCUT2D eigenvalue weighted by Crippen LogP contribution is 2.21. The summed E-state index contributed by atoms with van der Waals surface area (Å²) < 4.78 is 0. The molecule has 12 heteroatoms. The van der Waals surface area contributed by atoms with Crippen LogP contribution in [0.4, 0.5) is 0 Å². The Labute approximate surface area is 208 Å². The first-order chi connectivity index (χ1) is 16.9. The van der Waals surface area contributed by atoms with Crippen molar-refractivity contribution in [2.45, 2.75) is 70.1 Å². The molecule has 0 aliphatic carbocycles. The lowest BCUT2D eigenvalue weighted by molar-refractivity contribution is -0.146. The molecular formula is C24H34N4O8. The van der Waals surface area contributed by atoms with Crippen molar-refractivity contribution in [1.29, 1.82) is 0 Å². The van der Waals surface area contributed by atoms with Crippen molar-refractivity contribution in [3.05, 3.63) is 29.8 Å². The Bertz CT molecular complexity index is 965. The summed E-state index contributed by atoms with van der Waals surface area (Å²) in [6, 6.07) is 1.74. The van der Waals surface area contributed by atoms with Crippen LogP contribution in [-0.2, 0) is 30.4 Å². The molecule has 0 aromatic heterocycles. The van der Waals surface area contributed by atoms with Crippen LogP contribution in [0.5, 0.6) is 5.75 Å². The monoisotopic (exact) mass is 506 g/mol. The number of rotatable bonds is 12. The Morgan fingerprint density at radius 2 is 1.72 bits per heavy atom. The van der Waals surface area contributed by atoms with E-state index in [-0.39, 0.29) is 37.5 Å². The molecule has 1 aromatic rings.